The zero-order valence-electron chi connectivity index (χ0n) is 11.4. The molecule has 0 unspecified atom stereocenters. The molecule has 0 aromatic carbocycles. The molecule has 19 heavy (non-hydrogen) atoms. The molecule has 0 aromatic heterocycles. The van der Waals surface area contributed by atoms with Crippen LogP contribution >= 0.6 is 0 Å². The molecule has 3 N–H and O–H groups in total. The van der Waals surface area contributed by atoms with Gasteiger partial charge in [0.1, 0.15) is 0 Å². The number of hydrogen-bond donors (Lipinski definition) is 3. The Morgan fingerprint density at radius 1 is 1.26 bits per heavy atom. The average Bonchev–Trinajstić information content (AvgIpc) is 2.33. The van der Waals surface area contributed by atoms with Gasteiger partial charge in [0.25, 0.3) is 0 Å². The van der Waals surface area contributed by atoms with E-state index in [9.17, 15) is 18.0 Å². The molecule has 4 nitrogen and oxygen atoms in total. The van der Waals surface area contributed by atoms with Gasteiger partial charge in [0.2, 0.25) is 0 Å². The summed E-state index contributed by atoms with van der Waals surface area (Å²) in [5, 5.41) is 7.83. The summed E-state index contributed by atoms with van der Waals surface area (Å²) in [4.78, 5) is 11.5. The SMILES string of the molecule is CC(C)CNC(=O)NCC1(C(F)(F)F)CCNCC1. The fourth-order valence-electron chi connectivity index (χ4n) is 2.07. The van der Waals surface area contributed by atoms with E-state index in [0.717, 1.165) is 0 Å². The molecular weight excluding hydrogens is 259 g/mol. The van der Waals surface area contributed by atoms with E-state index in [1.54, 1.807) is 0 Å². The Labute approximate surface area is 111 Å². The Morgan fingerprint density at radius 3 is 2.32 bits per heavy atom. The van der Waals surface area contributed by atoms with Crippen LogP contribution in [0.3, 0.4) is 0 Å². The monoisotopic (exact) mass is 281 g/mol. The van der Waals surface area contributed by atoms with Crippen LogP contribution in [0.5, 0.6) is 0 Å². The maximum atomic E-state index is 13.2. The van der Waals surface area contributed by atoms with Crippen LogP contribution in [0.25, 0.3) is 0 Å². The molecule has 0 aliphatic carbocycles. The van der Waals surface area contributed by atoms with Crippen LogP contribution in [-0.4, -0.2) is 38.4 Å². The smallest absolute Gasteiger partial charge is 0.338 e. The Morgan fingerprint density at radius 2 is 1.84 bits per heavy atom. The van der Waals surface area contributed by atoms with Crippen LogP contribution in [0.2, 0.25) is 0 Å². The molecule has 0 aromatic rings. The molecule has 1 heterocycles. The summed E-state index contributed by atoms with van der Waals surface area (Å²) in [5.41, 5.74) is -1.80. The minimum atomic E-state index is -4.29. The maximum absolute atomic E-state index is 13.2. The first-order chi connectivity index (χ1) is 8.77. The number of hydrogen-bond acceptors (Lipinski definition) is 2. The zero-order valence-corrected chi connectivity index (χ0v) is 11.4. The Kier molecular flexibility index (Phi) is 5.46. The van der Waals surface area contributed by atoms with Gasteiger partial charge < -0.3 is 16.0 Å². The van der Waals surface area contributed by atoms with Crippen LogP contribution in [0.15, 0.2) is 0 Å². The van der Waals surface area contributed by atoms with Crippen molar-refractivity contribution in [3.63, 3.8) is 0 Å². The van der Waals surface area contributed by atoms with Crippen molar-refractivity contribution in [2.24, 2.45) is 11.3 Å². The lowest BCUT2D eigenvalue weighted by Gasteiger charge is -2.39. The van der Waals surface area contributed by atoms with Crippen molar-refractivity contribution >= 4 is 6.03 Å². The van der Waals surface area contributed by atoms with Crippen LogP contribution in [0, 0.1) is 11.3 Å². The highest BCUT2D eigenvalue weighted by molar-refractivity contribution is 5.73. The lowest BCUT2D eigenvalue weighted by molar-refractivity contribution is -0.229. The molecule has 112 valence electrons. The van der Waals surface area contributed by atoms with Crippen LogP contribution in [-0.2, 0) is 0 Å². The molecule has 2 amide bonds. The second-order valence-corrected chi connectivity index (χ2v) is 5.49. The van der Waals surface area contributed by atoms with E-state index in [1.165, 1.54) is 0 Å². The molecule has 1 aliphatic heterocycles. The molecule has 0 bridgehead atoms. The Hall–Kier alpha value is -0.980. The van der Waals surface area contributed by atoms with E-state index < -0.39 is 17.6 Å². The molecular formula is C12H22F3N3O. The third kappa shape index (κ3) is 4.56. The second-order valence-electron chi connectivity index (χ2n) is 5.49. The summed E-state index contributed by atoms with van der Waals surface area (Å²) in [6, 6.07) is -0.532. The normalized spacial score (nSPS) is 19.3. The van der Waals surface area contributed by atoms with Gasteiger partial charge in [-0.3, -0.25) is 0 Å². The molecule has 0 spiro atoms. The largest absolute Gasteiger partial charge is 0.396 e. The molecule has 1 saturated heterocycles. The fourth-order valence-corrected chi connectivity index (χ4v) is 2.07. The van der Waals surface area contributed by atoms with E-state index >= 15 is 0 Å². The van der Waals surface area contributed by atoms with Crippen molar-refractivity contribution < 1.29 is 18.0 Å². The molecule has 7 heteroatoms. The number of piperidine rings is 1. The molecule has 0 atom stereocenters. The predicted molar refractivity (Wildman–Crippen MR) is 66.8 cm³/mol. The summed E-state index contributed by atoms with van der Waals surface area (Å²) in [6.45, 7) is 4.59. The van der Waals surface area contributed by atoms with Crippen LogP contribution in [0.1, 0.15) is 26.7 Å². The average molecular weight is 281 g/mol. The first-order valence-corrected chi connectivity index (χ1v) is 6.56. The Balaban J connectivity index is 2.52. The predicted octanol–water partition coefficient (Wildman–Crippen LogP) is 1.87. The summed E-state index contributed by atoms with van der Waals surface area (Å²) >= 11 is 0. The highest BCUT2D eigenvalue weighted by Crippen LogP contribution is 2.44. The number of halogens is 3. The van der Waals surface area contributed by atoms with Gasteiger partial charge in [-0.1, -0.05) is 13.8 Å². The first kappa shape index (κ1) is 16.1. The third-order valence-corrected chi connectivity index (χ3v) is 3.42. The number of amides is 2. The highest BCUT2D eigenvalue weighted by Gasteiger charge is 2.54. The minimum absolute atomic E-state index is 0.000953. The standard InChI is InChI=1S/C12H22F3N3O/c1-9(2)7-17-10(19)18-8-11(12(13,14)15)3-5-16-6-4-11/h9,16H,3-8H2,1-2H3,(H2,17,18,19). The molecule has 0 radical (unpaired) electrons. The van der Waals surface area contributed by atoms with Gasteiger partial charge in [0, 0.05) is 13.1 Å². The number of alkyl halides is 3. The van der Waals surface area contributed by atoms with Crippen LogP contribution < -0.4 is 16.0 Å². The van der Waals surface area contributed by atoms with Gasteiger partial charge in [-0.25, -0.2) is 4.79 Å². The van der Waals surface area contributed by atoms with E-state index in [1.807, 2.05) is 13.8 Å². The molecule has 1 rings (SSSR count). The van der Waals surface area contributed by atoms with Crippen molar-refractivity contribution in [1.82, 2.24) is 16.0 Å². The number of rotatable bonds is 4. The van der Waals surface area contributed by atoms with E-state index in [0.29, 0.717) is 19.6 Å². The van der Waals surface area contributed by atoms with E-state index in [4.69, 9.17) is 0 Å². The molecule has 1 aliphatic rings. The van der Waals surface area contributed by atoms with Crippen molar-refractivity contribution in [1.29, 1.82) is 0 Å². The summed E-state index contributed by atoms with van der Waals surface area (Å²) in [6.07, 6.45) is -4.29. The number of carbonyl (C=O) groups excluding carboxylic acids is 1. The minimum Gasteiger partial charge on any atom is -0.338 e. The highest BCUT2D eigenvalue weighted by atomic mass is 19.4. The van der Waals surface area contributed by atoms with Gasteiger partial charge in [0.15, 0.2) is 0 Å². The zero-order chi connectivity index (χ0) is 14.5. The van der Waals surface area contributed by atoms with Gasteiger partial charge in [-0.05, 0) is 31.8 Å². The summed E-state index contributed by atoms with van der Waals surface area (Å²) < 4.78 is 39.5. The van der Waals surface area contributed by atoms with Crippen molar-refractivity contribution in [3.05, 3.63) is 0 Å². The summed E-state index contributed by atoms with van der Waals surface area (Å²) in [5.74, 6) is 0.265. The van der Waals surface area contributed by atoms with Gasteiger partial charge in [-0.2, -0.15) is 13.2 Å². The maximum Gasteiger partial charge on any atom is 0.396 e. The summed E-state index contributed by atoms with van der Waals surface area (Å²) in [7, 11) is 0. The van der Waals surface area contributed by atoms with Gasteiger partial charge in [0.05, 0.1) is 5.41 Å². The van der Waals surface area contributed by atoms with Crippen LogP contribution in [0.4, 0.5) is 18.0 Å². The van der Waals surface area contributed by atoms with Gasteiger partial charge in [-0.15, -0.1) is 0 Å². The molecule has 0 saturated carbocycles. The van der Waals surface area contributed by atoms with Crippen molar-refractivity contribution in [2.75, 3.05) is 26.2 Å². The quantitative estimate of drug-likeness (QED) is 0.737. The topological polar surface area (TPSA) is 53.2 Å². The van der Waals surface area contributed by atoms with Gasteiger partial charge >= 0.3 is 12.2 Å². The second kappa shape index (κ2) is 6.45. The number of nitrogens with one attached hydrogen (secondary N) is 3. The van der Waals surface area contributed by atoms with E-state index in [2.05, 4.69) is 16.0 Å². The number of urea groups is 1. The third-order valence-electron chi connectivity index (χ3n) is 3.42. The molecule has 1 fully saturated rings. The number of carbonyl (C=O) groups is 1. The van der Waals surface area contributed by atoms with E-state index in [-0.39, 0.29) is 25.3 Å². The van der Waals surface area contributed by atoms with Crippen molar-refractivity contribution in [3.8, 4) is 0 Å². The fraction of sp³-hybridized carbons (Fsp3) is 0.917. The lowest BCUT2D eigenvalue weighted by atomic mass is 9.78. The lowest BCUT2D eigenvalue weighted by Crippen LogP contribution is -2.54. The van der Waals surface area contributed by atoms with Crippen molar-refractivity contribution in [2.45, 2.75) is 32.9 Å². The Bertz CT molecular complexity index is 299. The first-order valence-electron chi connectivity index (χ1n) is 6.56.